The monoisotopic (exact) mass is 433 g/mol. The smallest absolute Gasteiger partial charge is 0.226 e. The van der Waals surface area contributed by atoms with Crippen LogP contribution in [0.3, 0.4) is 0 Å². The molecule has 30 heavy (non-hydrogen) atoms. The number of fused-ring (bicyclic) bond motifs is 1. The minimum Gasteiger partial charge on any atom is -0.394 e. The molecule has 1 fully saturated rings. The van der Waals surface area contributed by atoms with E-state index < -0.39 is 24.2 Å². The second-order valence-electron chi connectivity index (χ2n) is 7.67. The molecule has 0 aliphatic carbocycles. The van der Waals surface area contributed by atoms with E-state index in [2.05, 4.69) is 20.3 Å². The first-order valence-electron chi connectivity index (χ1n) is 9.68. The van der Waals surface area contributed by atoms with Gasteiger partial charge in [0.15, 0.2) is 29.0 Å². The molecule has 0 amide bonds. The summed E-state index contributed by atoms with van der Waals surface area (Å²) in [4.78, 5) is 13.1. The van der Waals surface area contributed by atoms with E-state index in [4.69, 9.17) is 21.1 Å². The van der Waals surface area contributed by atoms with Crippen LogP contribution in [0.1, 0.15) is 32.1 Å². The molecule has 3 atom stereocenters. The normalized spacial score (nSPS) is 22.0. The number of ether oxygens (including phenoxy) is 2. The summed E-state index contributed by atoms with van der Waals surface area (Å²) in [5.74, 6) is -0.855. The third-order valence-corrected chi connectivity index (χ3v) is 4.93. The van der Waals surface area contributed by atoms with Crippen molar-refractivity contribution in [1.29, 1.82) is 0 Å². The summed E-state index contributed by atoms with van der Waals surface area (Å²) in [7, 11) is 0. The fraction of sp³-hybridized carbons (Fsp3) is 0.450. The molecule has 10 heteroatoms. The van der Waals surface area contributed by atoms with Crippen molar-refractivity contribution in [3.05, 3.63) is 47.5 Å². The Kier molecular flexibility index (Phi) is 5.90. The predicted octanol–water partition coefficient (Wildman–Crippen LogP) is 2.49. The molecule has 2 unspecified atom stereocenters. The molecule has 0 bridgehead atoms. The quantitative estimate of drug-likeness (QED) is 0.384. The maximum atomic E-state index is 10.1. The second-order valence-corrected chi connectivity index (χ2v) is 8.01. The van der Waals surface area contributed by atoms with Crippen molar-refractivity contribution in [1.82, 2.24) is 19.5 Å². The standard InChI is InChI=1S/C20H24ClN5O4/c1-20(2,28)30-14-8-13(10-27)29-18(14)26-11-23-15-16(24-19(21)25-17(15)26)22-9-12-6-4-3-5-7-12/h3-7,11,13-14,18,27-28H,8-10H2,1-2H3,(H,22,24,25)/t13?,14-,18?/m1/s1. The number of hydrogen-bond acceptors (Lipinski definition) is 8. The van der Waals surface area contributed by atoms with Gasteiger partial charge in [0.1, 0.15) is 6.10 Å². The number of anilines is 1. The number of nitrogens with zero attached hydrogens (tertiary/aromatic N) is 4. The van der Waals surface area contributed by atoms with Crippen LogP contribution in [0.4, 0.5) is 5.82 Å². The lowest BCUT2D eigenvalue weighted by atomic mass is 10.2. The number of hydrogen-bond donors (Lipinski definition) is 3. The van der Waals surface area contributed by atoms with Gasteiger partial charge in [-0.25, -0.2) is 4.98 Å². The molecule has 1 saturated heterocycles. The average molecular weight is 434 g/mol. The van der Waals surface area contributed by atoms with Crippen LogP contribution in [0, 0.1) is 0 Å². The van der Waals surface area contributed by atoms with Crippen LogP contribution in [0.5, 0.6) is 0 Å². The van der Waals surface area contributed by atoms with Gasteiger partial charge in [0.25, 0.3) is 0 Å². The zero-order valence-corrected chi connectivity index (χ0v) is 17.5. The zero-order valence-electron chi connectivity index (χ0n) is 16.7. The number of halogens is 1. The van der Waals surface area contributed by atoms with Gasteiger partial charge in [0, 0.05) is 13.0 Å². The molecule has 0 saturated carbocycles. The highest BCUT2D eigenvalue weighted by molar-refractivity contribution is 6.28. The molecule has 0 radical (unpaired) electrons. The summed E-state index contributed by atoms with van der Waals surface area (Å²) in [6.45, 7) is 3.49. The molecule has 3 heterocycles. The van der Waals surface area contributed by atoms with Gasteiger partial charge in [-0.05, 0) is 31.0 Å². The highest BCUT2D eigenvalue weighted by Gasteiger charge is 2.40. The largest absolute Gasteiger partial charge is 0.394 e. The van der Waals surface area contributed by atoms with E-state index in [0.717, 1.165) is 5.56 Å². The zero-order chi connectivity index (χ0) is 21.3. The highest BCUT2D eigenvalue weighted by atomic mass is 35.5. The van der Waals surface area contributed by atoms with E-state index in [1.807, 2.05) is 30.3 Å². The number of aliphatic hydroxyl groups excluding tert-OH is 1. The van der Waals surface area contributed by atoms with Gasteiger partial charge in [-0.2, -0.15) is 9.97 Å². The summed E-state index contributed by atoms with van der Waals surface area (Å²) < 4.78 is 13.4. The van der Waals surface area contributed by atoms with Crippen molar-refractivity contribution in [2.75, 3.05) is 11.9 Å². The Morgan fingerprint density at radius 3 is 2.77 bits per heavy atom. The van der Waals surface area contributed by atoms with Crippen LogP contribution in [0.25, 0.3) is 11.2 Å². The second kappa shape index (κ2) is 8.44. The molecule has 3 N–H and O–H groups in total. The predicted molar refractivity (Wildman–Crippen MR) is 111 cm³/mol. The molecule has 1 aromatic carbocycles. The molecule has 160 valence electrons. The number of benzene rings is 1. The lowest BCUT2D eigenvalue weighted by Crippen LogP contribution is -2.33. The third-order valence-electron chi connectivity index (χ3n) is 4.76. The Morgan fingerprint density at radius 1 is 1.30 bits per heavy atom. The summed E-state index contributed by atoms with van der Waals surface area (Å²) >= 11 is 6.18. The topological polar surface area (TPSA) is 115 Å². The van der Waals surface area contributed by atoms with Crippen molar-refractivity contribution in [3.63, 3.8) is 0 Å². The fourth-order valence-corrected chi connectivity index (χ4v) is 3.70. The molecule has 1 aliphatic heterocycles. The fourth-order valence-electron chi connectivity index (χ4n) is 3.54. The number of imidazole rings is 1. The Bertz CT molecular complexity index is 1010. The summed E-state index contributed by atoms with van der Waals surface area (Å²) in [6.07, 6.45) is 0.436. The van der Waals surface area contributed by atoms with Crippen molar-refractivity contribution in [2.24, 2.45) is 0 Å². The molecule has 9 nitrogen and oxygen atoms in total. The average Bonchev–Trinajstić information content (AvgIpc) is 3.29. The minimum absolute atomic E-state index is 0.0662. The Morgan fingerprint density at radius 2 is 2.07 bits per heavy atom. The lowest BCUT2D eigenvalue weighted by molar-refractivity contribution is -0.222. The summed E-state index contributed by atoms with van der Waals surface area (Å²) in [6, 6.07) is 9.90. The van der Waals surface area contributed by atoms with Crippen LogP contribution in [0.15, 0.2) is 36.7 Å². The van der Waals surface area contributed by atoms with E-state index in [0.29, 0.717) is 29.9 Å². The van der Waals surface area contributed by atoms with Crippen molar-refractivity contribution < 1.29 is 19.7 Å². The first-order chi connectivity index (χ1) is 14.3. The number of nitrogens with one attached hydrogen (secondary N) is 1. The molecule has 2 aromatic heterocycles. The van der Waals surface area contributed by atoms with E-state index >= 15 is 0 Å². The Hall–Kier alpha value is -2.30. The molecule has 3 aromatic rings. The van der Waals surface area contributed by atoms with Crippen molar-refractivity contribution in [3.8, 4) is 0 Å². The number of rotatable bonds is 7. The summed E-state index contributed by atoms with van der Waals surface area (Å²) in [5.41, 5.74) is 2.09. The third kappa shape index (κ3) is 4.55. The van der Waals surface area contributed by atoms with Gasteiger partial charge in [-0.15, -0.1) is 0 Å². The first-order valence-corrected chi connectivity index (χ1v) is 10.1. The van der Waals surface area contributed by atoms with E-state index in [9.17, 15) is 10.2 Å². The number of aliphatic hydroxyl groups is 2. The van der Waals surface area contributed by atoms with Crippen LogP contribution >= 0.6 is 11.6 Å². The summed E-state index contributed by atoms with van der Waals surface area (Å²) in [5, 5.41) is 23.0. The van der Waals surface area contributed by atoms with Crippen molar-refractivity contribution >= 4 is 28.6 Å². The first kappa shape index (κ1) is 21.0. The maximum Gasteiger partial charge on any atom is 0.226 e. The lowest BCUT2D eigenvalue weighted by Gasteiger charge is -2.27. The Labute approximate surface area is 178 Å². The van der Waals surface area contributed by atoms with Gasteiger partial charge in [0.2, 0.25) is 5.28 Å². The molecule has 4 rings (SSSR count). The Balaban J connectivity index is 1.65. The van der Waals surface area contributed by atoms with Gasteiger partial charge < -0.3 is 25.0 Å². The van der Waals surface area contributed by atoms with Crippen LogP contribution in [0.2, 0.25) is 5.28 Å². The highest BCUT2D eigenvalue weighted by Crippen LogP contribution is 2.35. The van der Waals surface area contributed by atoms with Gasteiger partial charge >= 0.3 is 0 Å². The van der Waals surface area contributed by atoms with E-state index in [1.54, 1.807) is 24.7 Å². The SMILES string of the molecule is CC(C)(O)O[C@@H]1CC(CO)OC1n1cnc2c(NCc3ccccc3)nc(Cl)nc21. The van der Waals surface area contributed by atoms with E-state index in [1.165, 1.54) is 0 Å². The molecular weight excluding hydrogens is 410 g/mol. The molecule has 0 spiro atoms. The molecule has 1 aliphatic rings. The van der Waals surface area contributed by atoms with Crippen molar-refractivity contribution in [2.45, 2.75) is 51.0 Å². The van der Waals surface area contributed by atoms with Crippen LogP contribution < -0.4 is 5.32 Å². The number of aromatic nitrogens is 4. The van der Waals surface area contributed by atoms with E-state index in [-0.39, 0.29) is 11.9 Å². The van der Waals surface area contributed by atoms with Crippen LogP contribution in [-0.2, 0) is 16.0 Å². The minimum atomic E-state index is -1.36. The van der Waals surface area contributed by atoms with Gasteiger partial charge in [-0.1, -0.05) is 30.3 Å². The van der Waals surface area contributed by atoms with Gasteiger partial charge in [0.05, 0.1) is 19.0 Å². The molecular formula is C20H24ClN5O4. The van der Waals surface area contributed by atoms with Crippen LogP contribution in [-0.4, -0.2) is 54.3 Å². The maximum absolute atomic E-state index is 10.1. The van der Waals surface area contributed by atoms with Gasteiger partial charge in [-0.3, -0.25) is 4.57 Å².